The normalized spacial score (nSPS) is 19.3. The third-order valence-electron chi connectivity index (χ3n) is 5.63. The molecule has 0 aromatic heterocycles. The molecule has 1 saturated carbocycles. The van der Waals surface area contributed by atoms with Crippen molar-refractivity contribution in [3.63, 3.8) is 0 Å². The van der Waals surface area contributed by atoms with Gasteiger partial charge < -0.3 is 4.90 Å². The number of carbonyl (C=O) groups is 1. The largest absolute Gasteiger partial charge is 0.305 e. The van der Waals surface area contributed by atoms with Gasteiger partial charge >= 0.3 is 0 Å². The van der Waals surface area contributed by atoms with Gasteiger partial charge in [-0.15, -0.1) is 0 Å². The monoisotopic (exact) mass is 332 g/mol. The van der Waals surface area contributed by atoms with Crippen molar-refractivity contribution in [2.45, 2.75) is 46.6 Å². The fourth-order valence-electron chi connectivity index (χ4n) is 3.90. The highest BCUT2D eigenvalue weighted by Gasteiger charge is 2.36. The van der Waals surface area contributed by atoms with E-state index >= 15 is 0 Å². The van der Waals surface area contributed by atoms with Gasteiger partial charge in [0.25, 0.3) is 0 Å². The van der Waals surface area contributed by atoms with Gasteiger partial charge in [-0.05, 0) is 74.4 Å². The predicted octanol–water partition coefficient (Wildman–Crippen LogP) is 5.03. The number of rotatable bonds is 2. The molecular formula is C22H24N2O. The number of aryl methyl sites for hydroxylation is 3. The molecule has 25 heavy (non-hydrogen) atoms. The van der Waals surface area contributed by atoms with Gasteiger partial charge in [0.15, 0.2) is 0 Å². The molecule has 0 unspecified atom stereocenters. The molecule has 1 amide bonds. The maximum Gasteiger partial charge on any atom is 0.236 e. The fraction of sp³-hybridized carbons (Fsp3) is 0.364. The molecule has 128 valence electrons. The SMILES string of the molecule is Cc1cc2c(cc1C)N(Cc1ccccc1C)C(=O)[C@@H]1CCCC1=N2. The molecule has 2 aliphatic rings. The number of carbonyl (C=O) groups excluding carboxylic acids is 1. The van der Waals surface area contributed by atoms with E-state index in [-0.39, 0.29) is 11.8 Å². The van der Waals surface area contributed by atoms with Crippen LogP contribution >= 0.6 is 0 Å². The van der Waals surface area contributed by atoms with Crippen molar-refractivity contribution in [1.29, 1.82) is 0 Å². The van der Waals surface area contributed by atoms with Gasteiger partial charge in [0, 0.05) is 5.71 Å². The zero-order valence-corrected chi connectivity index (χ0v) is 15.2. The maximum atomic E-state index is 13.3. The van der Waals surface area contributed by atoms with Crippen LogP contribution in [-0.2, 0) is 11.3 Å². The summed E-state index contributed by atoms with van der Waals surface area (Å²) in [5, 5.41) is 0. The van der Waals surface area contributed by atoms with Crippen molar-refractivity contribution in [1.82, 2.24) is 0 Å². The molecule has 2 aromatic rings. The van der Waals surface area contributed by atoms with Crippen molar-refractivity contribution in [2.24, 2.45) is 10.9 Å². The number of aliphatic imine (C=N–C) groups is 1. The van der Waals surface area contributed by atoms with Crippen molar-refractivity contribution in [3.8, 4) is 0 Å². The van der Waals surface area contributed by atoms with Crippen LogP contribution in [0.5, 0.6) is 0 Å². The molecule has 3 nitrogen and oxygen atoms in total. The smallest absolute Gasteiger partial charge is 0.236 e. The summed E-state index contributed by atoms with van der Waals surface area (Å²) in [5.74, 6) is 0.165. The van der Waals surface area contributed by atoms with Crippen molar-refractivity contribution in [3.05, 3.63) is 58.7 Å². The van der Waals surface area contributed by atoms with Crippen molar-refractivity contribution in [2.75, 3.05) is 4.90 Å². The molecule has 2 aromatic carbocycles. The van der Waals surface area contributed by atoms with Crippen LogP contribution < -0.4 is 4.90 Å². The lowest BCUT2D eigenvalue weighted by atomic mass is 10.0. The predicted molar refractivity (Wildman–Crippen MR) is 103 cm³/mol. The van der Waals surface area contributed by atoms with Crippen LogP contribution in [0.1, 0.15) is 41.5 Å². The topological polar surface area (TPSA) is 32.7 Å². The first kappa shape index (κ1) is 16.1. The van der Waals surface area contributed by atoms with E-state index in [2.05, 4.69) is 45.0 Å². The van der Waals surface area contributed by atoms with Crippen molar-refractivity contribution >= 4 is 23.0 Å². The minimum Gasteiger partial charge on any atom is -0.305 e. The van der Waals surface area contributed by atoms with Gasteiger partial charge in [0.1, 0.15) is 0 Å². The molecule has 0 N–H and O–H groups in total. The molecule has 0 saturated heterocycles. The van der Waals surface area contributed by atoms with Gasteiger partial charge in [-0.1, -0.05) is 24.3 Å². The Morgan fingerprint density at radius 2 is 1.84 bits per heavy atom. The number of anilines is 1. The Labute approximate surface area is 149 Å². The number of nitrogens with zero attached hydrogens (tertiary/aromatic N) is 2. The third-order valence-corrected chi connectivity index (χ3v) is 5.63. The lowest BCUT2D eigenvalue weighted by Crippen LogP contribution is -2.36. The summed E-state index contributed by atoms with van der Waals surface area (Å²) in [4.78, 5) is 20.2. The Bertz CT molecular complexity index is 882. The highest BCUT2D eigenvalue weighted by Crippen LogP contribution is 2.40. The summed E-state index contributed by atoms with van der Waals surface area (Å²) in [7, 11) is 0. The van der Waals surface area contributed by atoms with Gasteiger partial charge in [0.2, 0.25) is 5.91 Å². The maximum absolute atomic E-state index is 13.3. The molecule has 1 aliphatic heterocycles. The zero-order valence-electron chi connectivity index (χ0n) is 15.2. The quantitative estimate of drug-likeness (QED) is 0.759. The second-order valence-electron chi connectivity index (χ2n) is 7.32. The van der Waals surface area contributed by atoms with Gasteiger partial charge in [0.05, 0.1) is 23.8 Å². The minimum atomic E-state index is -0.0444. The minimum absolute atomic E-state index is 0.0444. The molecule has 1 fully saturated rings. The highest BCUT2D eigenvalue weighted by molar-refractivity contribution is 6.15. The first-order chi connectivity index (χ1) is 12.0. The van der Waals surface area contributed by atoms with Crippen LogP contribution in [0.25, 0.3) is 0 Å². The molecule has 1 heterocycles. The second kappa shape index (κ2) is 6.14. The number of amides is 1. The van der Waals surface area contributed by atoms with Gasteiger partial charge in [-0.25, -0.2) is 0 Å². The molecular weight excluding hydrogens is 308 g/mol. The van der Waals surface area contributed by atoms with E-state index in [1.807, 2.05) is 17.0 Å². The van der Waals surface area contributed by atoms with E-state index in [9.17, 15) is 4.79 Å². The molecule has 0 bridgehead atoms. The van der Waals surface area contributed by atoms with E-state index in [1.54, 1.807) is 0 Å². The molecule has 0 spiro atoms. The highest BCUT2D eigenvalue weighted by atomic mass is 16.2. The summed E-state index contributed by atoms with van der Waals surface area (Å²) < 4.78 is 0. The Hall–Kier alpha value is -2.42. The summed E-state index contributed by atoms with van der Waals surface area (Å²) in [5.41, 5.74) is 7.82. The molecule has 0 radical (unpaired) electrons. The Morgan fingerprint density at radius 1 is 1.08 bits per heavy atom. The summed E-state index contributed by atoms with van der Waals surface area (Å²) in [6, 6.07) is 12.6. The Balaban J connectivity index is 1.85. The lowest BCUT2D eigenvalue weighted by Gasteiger charge is -2.26. The average Bonchev–Trinajstić information content (AvgIpc) is 3.01. The van der Waals surface area contributed by atoms with E-state index in [4.69, 9.17) is 4.99 Å². The molecule has 1 aliphatic carbocycles. The van der Waals surface area contributed by atoms with Crippen LogP contribution in [0, 0.1) is 26.7 Å². The van der Waals surface area contributed by atoms with E-state index < -0.39 is 0 Å². The van der Waals surface area contributed by atoms with E-state index in [0.29, 0.717) is 6.54 Å². The summed E-state index contributed by atoms with van der Waals surface area (Å²) >= 11 is 0. The van der Waals surface area contributed by atoms with E-state index in [1.165, 1.54) is 22.3 Å². The average molecular weight is 332 g/mol. The van der Waals surface area contributed by atoms with Crippen LogP contribution in [0.15, 0.2) is 41.4 Å². The van der Waals surface area contributed by atoms with Crippen LogP contribution in [-0.4, -0.2) is 11.6 Å². The van der Waals surface area contributed by atoms with Crippen LogP contribution in [0.2, 0.25) is 0 Å². The van der Waals surface area contributed by atoms with Gasteiger partial charge in [-0.3, -0.25) is 9.79 Å². The third kappa shape index (κ3) is 2.78. The number of hydrogen-bond donors (Lipinski definition) is 0. The number of benzene rings is 2. The molecule has 4 rings (SSSR count). The van der Waals surface area contributed by atoms with Crippen LogP contribution in [0.3, 0.4) is 0 Å². The lowest BCUT2D eigenvalue weighted by molar-refractivity contribution is -0.120. The van der Waals surface area contributed by atoms with Crippen LogP contribution in [0.4, 0.5) is 11.4 Å². The van der Waals surface area contributed by atoms with Gasteiger partial charge in [-0.2, -0.15) is 0 Å². The molecule has 1 atom stereocenters. The fourth-order valence-corrected chi connectivity index (χ4v) is 3.90. The molecule has 3 heteroatoms. The summed E-state index contributed by atoms with van der Waals surface area (Å²) in [6.45, 7) is 6.93. The Morgan fingerprint density at radius 3 is 2.64 bits per heavy atom. The Kier molecular flexibility index (Phi) is 3.95. The standard InChI is InChI=1S/C22H24N2O/c1-14-7-4-5-8-17(14)13-24-21-12-16(3)15(2)11-20(21)23-19-10-6-9-18(19)22(24)25/h4-5,7-8,11-12,18H,6,9-10,13H2,1-3H3/t18-/m1/s1. The second-order valence-corrected chi connectivity index (χ2v) is 7.32. The summed E-state index contributed by atoms with van der Waals surface area (Å²) in [6.07, 6.45) is 2.93. The first-order valence-corrected chi connectivity index (χ1v) is 9.09. The number of fused-ring (bicyclic) bond motifs is 2. The van der Waals surface area contributed by atoms with E-state index in [0.717, 1.165) is 36.3 Å². The first-order valence-electron chi connectivity index (χ1n) is 9.09. The number of hydrogen-bond acceptors (Lipinski definition) is 2. The zero-order chi connectivity index (χ0) is 17.6. The van der Waals surface area contributed by atoms with Crippen molar-refractivity contribution < 1.29 is 4.79 Å².